The molecule has 3 N–H and O–H groups in total. The van der Waals surface area contributed by atoms with Gasteiger partial charge in [0.1, 0.15) is 0 Å². The molecule has 1 heterocycles. The molecule has 1 aromatic heterocycles. The van der Waals surface area contributed by atoms with Crippen LogP contribution in [0.5, 0.6) is 0 Å². The Morgan fingerprint density at radius 2 is 1.62 bits per heavy atom. The highest BCUT2D eigenvalue weighted by molar-refractivity contribution is 6.00. The first kappa shape index (κ1) is 21.5. The number of aromatic nitrogens is 2. The zero-order chi connectivity index (χ0) is 22.5. The highest BCUT2D eigenvalue weighted by Crippen LogP contribution is 2.37. The van der Waals surface area contributed by atoms with E-state index in [1.807, 2.05) is 55.5 Å². The SMILES string of the molecule is Cc1ccc(Nc2nnc(C(=O)Nc3ccc(C4CCC(CC(=O)O)CC4)cc3)o2)cc1. The summed E-state index contributed by atoms with van der Waals surface area (Å²) in [5.74, 6) is -0.608. The van der Waals surface area contributed by atoms with E-state index in [0.29, 0.717) is 11.6 Å². The van der Waals surface area contributed by atoms with Crippen molar-refractivity contribution in [3.8, 4) is 0 Å². The van der Waals surface area contributed by atoms with Crippen LogP contribution >= 0.6 is 0 Å². The van der Waals surface area contributed by atoms with Crippen LogP contribution < -0.4 is 10.6 Å². The molecule has 1 saturated carbocycles. The molecule has 0 spiro atoms. The zero-order valence-electron chi connectivity index (χ0n) is 17.9. The summed E-state index contributed by atoms with van der Waals surface area (Å²) in [6, 6.07) is 15.6. The number of aryl methyl sites for hydroxylation is 1. The van der Waals surface area contributed by atoms with Crippen molar-refractivity contribution in [3.05, 3.63) is 65.5 Å². The van der Waals surface area contributed by atoms with Crippen molar-refractivity contribution in [2.45, 2.75) is 44.9 Å². The monoisotopic (exact) mass is 434 g/mol. The maximum Gasteiger partial charge on any atom is 0.320 e. The van der Waals surface area contributed by atoms with Gasteiger partial charge in [-0.2, -0.15) is 0 Å². The molecule has 0 unspecified atom stereocenters. The van der Waals surface area contributed by atoms with Crippen molar-refractivity contribution in [3.63, 3.8) is 0 Å². The van der Waals surface area contributed by atoms with Gasteiger partial charge in [0.2, 0.25) is 0 Å². The van der Waals surface area contributed by atoms with Crippen molar-refractivity contribution in [1.29, 1.82) is 0 Å². The van der Waals surface area contributed by atoms with E-state index in [0.717, 1.165) is 36.9 Å². The van der Waals surface area contributed by atoms with Crippen LogP contribution in [0.25, 0.3) is 0 Å². The number of carbonyl (C=O) groups is 2. The van der Waals surface area contributed by atoms with E-state index < -0.39 is 11.9 Å². The number of anilines is 3. The van der Waals surface area contributed by atoms with Crippen LogP contribution in [-0.2, 0) is 4.79 Å². The van der Waals surface area contributed by atoms with E-state index in [-0.39, 0.29) is 24.2 Å². The van der Waals surface area contributed by atoms with Crippen molar-refractivity contribution in [2.75, 3.05) is 10.6 Å². The van der Waals surface area contributed by atoms with Crippen LogP contribution in [0.2, 0.25) is 0 Å². The minimum atomic E-state index is -0.715. The van der Waals surface area contributed by atoms with Gasteiger partial charge in [0.25, 0.3) is 0 Å². The van der Waals surface area contributed by atoms with Crippen molar-refractivity contribution >= 4 is 29.3 Å². The lowest BCUT2D eigenvalue weighted by Crippen LogP contribution is -2.16. The second-order valence-corrected chi connectivity index (χ2v) is 8.30. The molecule has 2 aromatic carbocycles. The topological polar surface area (TPSA) is 117 Å². The molecule has 0 atom stereocenters. The molecule has 32 heavy (non-hydrogen) atoms. The summed E-state index contributed by atoms with van der Waals surface area (Å²) in [6.45, 7) is 2.00. The molecule has 1 aliphatic rings. The molecule has 0 bridgehead atoms. The summed E-state index contributed by atoms with van der Waals surface area (Å²) < 4.78 is 5.42. The number of carbonyl (C=O) groups excluding carboxylic acids is 1. The predicted molar refractivity (Wildman–Crippen MR) is 120 cm³/mol. The Hall–Kier alpha value is -3.68. The first-order chi connectivity index (χ1) is 15.5. The third-order valence-electron chi connectivity index (χ3n) is 5.87. The number of hydrogen-bond acceptors (Lipinski definition) is 6. The van der Waals surface area contributed by atoms with E-state index in [2.05, 4.69) is 20.8 Å². The summed E-state index contributed by atoms with van der Waals surface area (Å²) in [6.07, 6.45) is 4.11. The quantitative estimate of drug-likeness (QED) is 0.472. The van der Waals surface area contributed by atoms with E-state index in [4.69, 9.17) is 9.52 Å². The van der Waals surface area contributed by atoms with Gasteiger partial charge in [-0.25, -0.2) is 0 Å². The normalized spacial score (nSPS) is 18.2. The van der Waals surface area contributed by atoms with Crippen molar-refractivity contribution < 1.29 is 19.1 Å². The standard InChI is InChI=1S/C24H26N4O4/c1-15-2-10-20(11-3-15)26-24-28-27-23(32-24)22(31)25-19-12-8-18(9-13-19)17-6-4-16(5-7-17)14-21(29)30/h2-3,8-13,16-17H,4-7,14H2,1H3,(H,25,31)(H,26,28)(H,29,30). The fraction of sp³-hybridized carbons (Fsp3) is 0.333. The largest absolute Gasteiger partial charge is 0.481 e. The fourth-order valence-electron chi connectivity index (χ4n) is 4.10. The molecule has 3 aromatic rings. The van der Waals surface area contributed by atoms with Gasteiger partial charge in [-0.1, -0.05) is 34.9 Å². The first-order valence-corrected chi connectivity index (χ1v) is 10.8. The Kier molecular flexibility index (Phi) is 6.49. The van der Waals surface area contributed by atoms with Crippen LogP contribution in [0.4, 0.5) is 17.4 Å². The molecule has 0 radical (unpaired) electrons. The Morgan fingerprint density at radius 1 is 0.969 bits per heavy atom. The van der Waals surface area contributed by atoms with Crippen LogP contribution in [0.1, 0.15) is 59.8 Å². The lowest BCUT2D eigenvalue weighted by molar-refractivity contribution is -0.138. The van der Waals surface area contributed by atoms with Gasteiger partial charge in [0, 0.05) is 17.8 Å². The van der Waals surface area contributed by atoms with E-state index in [1.165, 1.54) is 5.56 Å². The average molecular weight is 434 g/mol. The molecule has 1 amide bonds. The first-order valence-electron chi connectivity index (χ1n) is 10.8. The molecule has 1 fully saturated rings. The lowest BCUT2D eigenvalue weighted by Gasteiger charge is -2.28. The number of carboxylic acids is 1. The molecular weight excluding hydrogens is 408 g/mol. The molecular formula is C24H26N4O4. The van der Waals surface area contributed by atoms with E-state index in [1.54, 1.807) is 0 Å². The minimum Gasteiger partial charge on any atom is -0.481 e. The van der Waals surface area contributed by atoms with Gasteiger partial charge in [-0.05, 0) is 74.3 Å². The number of amides is 1. The summed E-state index contributed by atoms with van der Waals surface area (Å²) in [7, 11) is 0. The minimum absolute atomic E-state index is 0.125. The Bertz CT molecular complexity index is 1070. The fourth-order valence-corrected chi connectivity index (χ4v) is 4.10. The average Bonchev–Trinajstić information content (AvgIpc) is 3.25. The predicted octanol–water partition coefficient (Wildman–Crippen LogP) is 5.12. The van der Waals surface area contributed by atoms with Gasteiger partial charge < -0.3 is 20.2 Å². The number of nitrogens with zero attached hydrogens (tertiary/aromatic N) is 2. The maximum atomic E-state index is 12.5. The number of aliphatic carboxylic acids is 1. The summed E-state index contributed by atoms with van der Waals surface area (Å²) in [5, 5.41) is 22.4. The molecule has 0 aliphatic heterocycles. The second kappa shape index (κ2) is 9.64. The van der Waals surface area contributed by atoms with Gasteiger partial charge >= 0.3 is 23.8 Å². The third-order valence-corrected chi connectivity index (χ3v) is 5.87. The highest BCUT2D eigenvalue weighted by atomic mass is 16.4. The van der Waals surface area contributed by atoms with Crippen molar-refractivity contribution in [1.82, 2.24) is 10.2 Å². The van der Waals surface area contributed by atoms with Gasteiger partial charge in [0.05, 0.1) is 0 Å². The zero-order valence-corrected chi connectivity index (χ0v) is 17.9. The molecule has 166 valence electrons. The van der Waals surface area contributed by atoms with Crippen LogP contribution in [-0.4, -0.2) is 27.2 Å². The van der Waals surface area contributed by atoms with Crippen LogP contribution in [0.15, 0.2) is 52.9 Å². The molecule has 0 saturated heterocycles. The van der Waals surface area contributed by atoms with Crippen LogP contribution in [0, 0.1) is 12.8 Å². The molecule has 1 aliphatic carbocycles. The number of rotatable bonds is 7. The van der Waals surface area contributed by atoms with E-state index in [9.17, 15) is 9.59 Å². The molecule has 8 heteroatoms. The summed E-state index contributed by atoms with van der Waals surface area (Å²) in [5.41, 5.74) is 3.78. The Morgan fingerprint density at radius 3 is 2.28 bits per heavy atom. The number of benzene rings is 2. The number of carboxylic acid groups (broad SMARTS) is 1. The molecule has 8 nitrogen and oxygen atoms in total. The van der Waals surface area contributed by atoms with Gasteiger partial charge in [0.15, 0.2) is 0 Å². The molecule has 4 rings (SSSR count). The smallest absolute Gasteiger partial charge is 0.320 e. The van der Waals surface area contributed by atoms with Gasteiger partial charge in [-0.3, -0.25) is 9.59 Å². The number of nitrogens with one attached hydrogen (secondary N) is 2. The van der Waals surface area contributed by atoms with Crippen molar-refractivity contribution in [2.24, 2.45) is 5.92 Å². The third kappa shape index (κ3) is 5.51. The lowest BCUT2D eigenvalue weighted by atomic mass is 9.77. The number of hydrogen-bond donors (Lipinski definition) is 3. The van der Waals surface area contributed by atoms with Crippen LogP contribution in [0.3, 0.4) is 0 Å². The summed E-state index contributed by atoms with van der Waals surface area (Å²) in [4.78, 5) is 23.3. The van der Waals surface area contributed by atoms with Gasteiger partial charge in [-0.15, -0.1) is 5.10 Å². The summed E-state index contributed by atoms with van der Waals surface area (Å²) >= 11 is 0. The Labute approximate surface area is 186 Å². The van der Waals surface area contributed by atoms with E-state index >= 15 is 0 Å². The second-order valence-electron chi connectivity index (χ2n) is 8.30. The maximum absolute atomic E-state index is 12.5. The Balaban J connectivity index is 1.31. The highest BCUT2D eigenvalue weighted by Gasteiger charge is 2.24.